The molecule has 8 heteroatoms. The highest BCUT2D eigenvalue weighted by Crippen LogP contribution is 2.22. The summed E-state index contributed by atoms with van der Waals surface area (Å²) in [7, 11) is 0. The van der Waals surface area contributed by atoms with Crippen LogP contribution in [0.1, 0.15) is 15.9 Å². The van der Waals surface area contributed by atoms with Crippen molar-refractivity contribution in [2.45, 2.75) is 12.5 Å². The second kappa shape index (κ2) is 7.72. The molecule has 1 amide bonds. The molecular formula is C16H11BrClF2NO3. The number of carbonyl (C=O) groups excluding carboxylic acids is 1. The molecule has 0 spiro atoms. The fourth-order valence-corrected chi connectivity index (χ4v) is 2.63. The predicted molar refractivity (Wildman–Crippen MR) is 88.1 cm³/mol. The second-order valence-corrected chi connectivity index (χ2v) is 6.22. The molecule has 4 nitrogen and oxygen atoms in total. The largest absolute Gasteiger partial charge is 0.480 e. The van der Waals surface area contributed by atoms with Gasteiger partial charge in [0.2, 0.25) is 0 Å². The molecule has 126 valence electrons. The van der Waals surface area contributed by atoms with E-state index in [9.17, 15) is 23.5 Å². The summed E-state index contributed by atoms with van der Waals surface area (Å²) in [5, 5.41) is 11.9. The molecule has 0 aromatic heterocycles. The van der Waals surface area contributed by atoms with Gasteiger partial charge in [-0.2, -0.15) is 0 Å². The maximum Gasteiger partial charge on any atom is 0.326 e. The van der Waals surface area contributed by atoms with E-state index < -0.39 is 35.1 Å². The molecule has 0 saturated heterocycles. The predicted octanol–water partition coefficient (Wildman–Crippen LogP) is 3.81. The van der Waals surface area contributed by atoms with Crippen molar-refractivity contribution in [1.29, 1.82) is 0 Å². The van der Waals surface area contributed by atoms with Crippen LogP contribution in [0.5, 0.6) is 0 Å². The summed E-state index contributed by atoms with van der Waals surface area (Å²) in [6.45, 7) is 0. The van der Waals surface area contributed by atoms with Crippen LogP contribution in [0.25, 0.3) is 0 Å². The van der Waals surface area contributed by atoms with Crippen LogP contribution in [0.4, 0.5) is 8.78 Å². The number of hydrogen-bond donors (Lipinski definition) is 2. The molecule has 1 atom stereocenters. The lowest BCUT2D eigenvalue weighted by Gasteiger charge is -2.16. The number of amides is 1. The first-order chi connectivity index (χ1) is 11.3. The molecule has 0 radical (unpaired) electrons. The number of carboxylic acids is 1. The second-order valence-electron chi connectivity index (χ2n) is 4.93. The number of rotatable bonds is 5. The van der Waals surface area contributed by atoms with Crippen LogP contribution in [-0.4, -0.2) is 23.0 Å². The normalized spacial score (nSPS) is 11.8. The summed E-state index contributed by atoms with van der Waals surface area (Å²) in [6.07, 6.45) is -0.0645. The van der Waals surface area contributed by atoms with Gasteiger partial charge in [-0.05, 0) is 35.9 Å². The van der Waals surface area contributed by atoms with Gasteiger partial charge in [0.05, 0.1) is 5.56 Å². The minimum atomic E-state index is -1.31. The maximum absolute atomic E-state index is 13.6. The van der Waals surface area contributed by atoms with E-state index in [0.29, 0.717) is 21.1 Å². The molecule has 0 saturated carbocycles. The Balaban J connectivity index is 2.21. The molecule has 24 heavy (non-hydrogen) atoms. The van der Waals surface area contributed by atoms with Crippen molar-refractivity contribution in [1.82, 2.24) is 5.32 Å². The number of hydrogen-bond acceptors (Lipinski definition) is 2. The van der Waals surface area contributed by atoms with E-state index in [0.717, 1.165) is 12.1 Å². The molecular weight excluding hydrogens is 408 g/mol. The standard InChI is InChI=1S/C16H11BrClF2NO3/c17-12-4-1-9(18)5-8(12)6-14(16(23)24)21-15(22)11-3-2-10(19)7-13(11)20/h1-5,7,14H,6H2,(H,21,22)(H,23,24)/t14-/m1/s1. The molecule has 2 aromatic carbocycles. The Morgan fingerprint density at radius 3 is 2.54 bits per heavy atom. The van der Waals surface area contributed by atoms with E-state index in [4.69, 9.17) is 11.6 Å². The third-order valence-corrected chi connectivity index (χ3v) is 4.22. The van der Waals surface area contributed by atoms with Crippen LogP contribution in [0.3, 0.4) is 0 Å². The van der Waals surface area contributed by atoms with E-state index in [2.05, 4.69) is 21.2 Å². The number of nitrogens with one attached hydrogen (secondary N) is 1. The summed E-state index contributed by atoms with van der Waals surface area (Å²) in [4.78, 5) is 23.4. The average molecular weight is 419 g/mol. The fraction of sp³-hybridized carbons (Fsp3) is 0.125. The van der Waals surface area contributed by atoms with Gasteiger partial charge in [0.1, 0.15) is 17.7 Å². The van der Waals surface area contributed by atoms with Crippen LogP contribution in [0.2, 0.25) is 5.02 Å². The summed E-state index contributed by atoms with van der Waals surface area (Å²) in [5.41, 5.74) is 0.127. The average Bonchev–Trinajstić information content (AvgIpc) is 2.49. The number of carbonyl (C=O) groups is 2. The fourth-order valence-electron chi connectivity index (χ4n) is 2.03. The number of aliphatic carboxylic acids is 1. The van der Waals surface area contributed by atoms with Gasteiger partial charge in [0, 0.05) is 22.0 Å². The lowest BCUT2D eigenvalue weighted by Crippen LogP contribution is -2.42. The minimum Gasteiger partial charge on any atom is -0.480 e. The molecule has 2 rings (SSSR count). The zero-order chi connectivity index (χ0) is 17.9. The molecule has 2 N–H and O–H groups in total. The summed E-state index contributed by atoms with van der Waals surface area (Å²) in [6, 6.07) is 5.95. The Morgan fingerprint density at radius 1 is 1.21 bits per heavy atom. The van der Waals surface area contributed by atoms with E-state index in [1.54, 1.807) is 18.2 Å². The van der Waals surface area contributed by atoms with Gasteiger partial charge in [-0.25, -0.2) is 13.6 Å². The Bertz CT molecular complexity index is 801. The van der Waals surface area contributed by atoms with Crippen molar-refractivity contribution in [2.75, 3.05) is 0 Å². The minimum absolute atomic E-state index is 0.0645. The summed E-state index contributed by atoms with van der Waals surface area (Å²) in [5.74, 6) is -4.14. The lowest BCUT2D eigenvalue weighted by atomic mass is 10.1. The van der Waals surface area contributed by atoms with Gasteiger partial charge in [-0.15, -0.1) is 0 Å². The third kappa shape index (κ3) is 4.52. The first kappa shape index (κ1) is 18.4. The Kier molecular flexibility index (Phi) is 5.90. The number of carboxylic acid groups (broad SMARTS) is 1. The van der Waals surface area contributed by atoms with Gasteiger partial charge in [-0.3, -0.25) is 4.79 Å². The highest BCUT2D eigenvalue weighted by molar-refractivity contribution is 9.10. The van der Waals surface area contributed by atoms with Gasteiger partial charge < -0.3 is 10.4 Å². The van der Waals surface area contributed by atoms with Crippen molar-refractivity contribution in [2.24, 2.45) is 0 Å². The highest BCUT2D eigenvalue weighted by Gasteiger charge is 2.23. The molecule has 0 fully saturated rings. The van der Waals surface area contributed by atoms with Crippen molar-refractivity contribution < 1.29 is 23.5 Å². The monoisotopic (exact) mass is 417 g/mol. The van der Waals surface area contributed by atoms with Crippen LogP contribution < -0.4 is 5.32 Å². The van der Waals surface area contributed by atoms with E-state index in [1.807, 2.05) is 0 Å². The Morgan fingerprint density at radius 2 is 1.92 bits per heavy atom. The molecule has 0 aliphatic carbocycles. The van der Waals surface area contributed by atoms with Crippen LogP contribution in [0, 0.1) is 11.6 Å². The van der Waals surface area contributed by atoms with Crippen molar-refractivity contribution in [3.63, 3.8) is 0 Å². The van der Waals surface area contributed by atoms with Crippen molar-refractivity contribution >= 4 is 39.4 Å². The lowest BCUT2D eigenvalue weighted by molar-refractivity contribution is -0.139. The SMILES string of the molecule is O=C(N[C@H](Cc1cc(Cl)ccc1Br)C(=O)O)c1ccc(F)cc1F. The van der Waals surface area contributed by atoms with Crippen molar-refractivity contribution in [3.8, 4) is 0 Å². The topological polar surface area (TPSA) is 66.4 Å². The summed E-state index contributed by atoms with van der Waals surface area (Å²) >= 11 is 9.15. The zero-order valence-corrected chi connectivity index (χ0v) is 14.4. The highest BCUT2D eigenvalue weighted by atomic mass is 79.9. The van der Waals surface area contributed by atoms with E-state index >= 15 is 0 Å². The quantitative estimate of drug-likeness (QED) is 0.776. The van der Waals surface area contributed by atoms with E-state index in [-0.39, 0.29) is 6.42 Å². The van der Waals surface area contributed by atoms with Gasteiger partial charge >= 0.3 is 5.97 Å². The Labute approximate surface area is 149 Å². The van der Waals surface area contributed by atoms with Gasteiger partial charge in [0.25, 0.3) is 5.91 Å². The van der Waals surface area contributed by atoms with E-state index in [1.165, 1.54) is 0 Å². The van der Waals surface area contributed by atoms with Crippen molar-refractivity contribution in [3.05, 3.63) is 68.7 Å². The molecule has 0 unspecified atom stereocenters. The smallest absolute Gasteiger partial charge is 0.326 e. The summed E-state index contributed by atoms with van der Waals surface area (Å²) < 4.78 is 27.1. The van der Waals surface area contributed by atoms with Crippen LogP contribution >= 0.6 is 27.5 Å². The molecule has 0 heterocycles. The maximum atomic E-state index is 13.6. The van der Waals surface area contributed by atoms with Crippen LogP contribution in [0.15, 0.2) is 40.9 Å². The first-order valence-corrected chi connectivity index (χ1v) is 7.87. The van der Waals surface area contributed by atoms with Gasteiger partial charge in [0.15, 0.2) is 0 Å². The molecule has 0 bridgehead atoms. The molecule has 2 aromatic rings. The Hall–Kier alpha value is -1.99. The van der Waals surface area contributed by atoms with Gasteiger partial charge in [-0.1, -0.05) is 27.5 Å². The molecule has 0 aliphatic heterocycles. The zero-order valence-electron chi connectivity index (χ0n) is 12.0. The number of halogens is 4. The first-order valence-electron chi connectivity index (χ1n) is 6.70. The van der Waals surface area contributed by atoms with Crippen LogP contribution in [-0.2, 0) is 11.2 Å². The molecule has 0 aliphatic rings. The number of benzene rings is 2. The third-order valence-electron chi connectivity index (χ3n) is 3.21.